The molecule has 0 heterocycles. The van der Waals surface area contributed by atoms with Gasteiger partial charge >= 0.3 is 0 Å². The lowest BCUT2D eigenvalue weighted by molar-refractivity contribution is -0.117. The molecule has 0 saturated carbocycles. The van der Waals surface area contributed by atoms with Crippen LogP contribution in [0.4, 0.5) is 8.78 Å². The molecule has 0 aromatic heterocycles. The monoisotopic (exact) mass is 503 g/mol. The van der Waals surface area contributed by atoms with Gasteiger partial charge in [0.2, 0.25) is 5.90 Å². The summed E-state index contributed by atoms with van der Waals surface area (Å²) in [6.07, 6.45) is 4.82. The molecule has 0 unspecified atom stereocenters. The highest BCUT2D eigenvalue weighted by molar-refractivity contribution is 6.30. The largest absolute Gasteiger partial charge is 0.395 e. The minimum Gasteiger partial charge on any atom is -0.395 e. The predicted octanol–water partition coefficient (Wildman–Crippen LogP) is 6.50. The highest BCUT2D eigenvalue weighted by atomic mass is 35.5. The number of nitrogens with one attached hydrogen (secondary N) is 1. The number of nitrogens with zero attached hydrogens (tertiary/aromatic N) is 1. The maximum atomic E-state index is 13.4. The molecule has 0 fully saturated rings. The summed E-state index contributed by atoms with van der Waals surface area (Å²) in [5, 5.41) is 3.47. The standard InChI is InChI=1S/C27H32ClF2N3O2/c1-5-6-7-21(24-17-23(28)13-8-18(24)2)14-15-32-26(34)19(3)33-25(35-31)16-20-9-11-22(12-10-20)27(4,29)30/h7-13,17H,3,5-6,14-16,31H2,1-2,4H3,(H,32,34)/b21-7-,33-25?. The first-order chi connectivity index (χ1) is 16.5. The molecule has 188 valence electrons. The fraction of sp³-hybridized carbons (Fsp3) is 0.333. The fourth-order valence-electron chi connectivity index (χ4n) is 3.42. The van der Waals surface area contributed by atoms with Crippen LogP contribution in [0.25, 0.3) is 5.57 Å². The van der Waals surface area contributed by atoms with E-state index in [-0.39, 0.29) is 23.6 Å². The zero-order valence-electron chi connectivity index (χ0n) is 20.3. The molecule has 0 atom stereocenters. The van der Waals surface area contributed by atoms with Crippen molar-refractivity contribution in [2.75, 3.05) is 6.54 Å². The molecule has 0 aliphatic rings. The van der Waals surface area contributed by atoms with E-state index in [1.54, 1.807) is 0 Å². The number of nitrogens with two attached hydrogens (primary N) is 1. The number of allylic oxidation sites excluding steroid dienone is 1. The lowest BCUT2D eigenvalue weighted by Crippen LogP contribution is -2.26. The molecule has 3 N–H and O–H groups in total. The molecule has 2 rings (SSSR count). The van der Waals surface area contributed by atoms with Gasteiger partial charge in [-0.05, 0) is 54.2 Å². The van der Waals surface area contributed by atoms with E-state index in [1.165, 1.54) is 24.3 Å². The molecule has 2 aromatic rings. The molecule has 0 aliphatic carbocycles. The molecular formula is C27H32ClF2N3O2. The average Bonchev–Trinajstić information content (AvgIpc) is 2.82. The maximum absolute atomic E-state index is 13.4. The third-order valence-electron chi connectivity index (χ3n) is 5.38. The predicted molar refractivity (Wildman–Crippen MR) is 138 cm³/mol. The van der Waals surface area contributed by atoms with Crippen LogP contribution in [-0.4, -0.2) is 18.3 Å². The number of carbonyl (C=O) groups excluding carboxylic acids is 1. The van der Waals surface area contributed by atoms with Gasteiger partial charge in [-0.3, -0.25) is 4.79 Å². The molecule has 35 heavy (non-hydrogen) atoms. The number of hydrogen-bond donors (Lipinski definition) is 2. The number of amides is 1. The molecule has 0 saturated heterocycles. The van der Waals surface area contributed by atoms with Crippen molar-refractivity contribution in [1.29, 1.82) is 0 Å². The van der Waals surface area contributed by atoms with E-state index in [1.807, 2.05) is 25.1 Å². The van der Waals surface area contributed by atoms with Gasteiger partial charge in [-0.1, -0.05) is 67.9 Å². The zero-order valence-corrected chi connectivity index (χ0v) is 21.1. The smallest absolute Gasteiger partial charge is 0.270 e. The topological polar surface area (TPSA) is 76.7 Å². The number of benzene rings is 2. The molecule has 2 aromatic carbocycles. The van der Waals surface area contributed by atoms with Crippen molar-refractivity contribution in [3.8, 4) is 0 Å². The number of unbranched alkanes of at least 4 members (excludes halogenated alkanes) is 1. The van der Waals surface area contributed by atoms with Crippen molar-refractivity contribution < 1.29 is 18.4 Å². The first kappa shape index (κ1) is 28.2. The van der Waals surface area contributed by atoms with Gasteiger partial charge in [0.1, 0.15) is 5.70 Å². The van der Waals surface area contributed by atoms with E-state index in [0.717, 1.165) is 36.5 Å². The van der Waals surface area contributed by atoms with Gasteiger partial charge in [0.15, 0.2) is 0 Å². The summed E-state index contributed by atoms with van der Waals surface area (Å²) in [6.45, 7) is 9.03. The first-order valence-corrected chi connectivity index (χ1v) is 11.8. The van der Waals surface area contributed by atoms with Gasteiger partial charge in [-0.25, -0.2) is 13.8 Å². The Bertz CT molecular complexity index is 1090. The van der Waals surface area contributed by atoms with Crippen LogP contribution in [0.5, 0.6) is 0 Å². The van der Waals surface area contributed by atoms with Gasteiger partial charge < -0.3 is 10.2 Å². The lowest BCUT2D eigenvalue weighted by Gasteiger charge is -2.13. The summed E-state index contributed by atoms with van der Waals surface area (Å²) in [5.74, 6) is 1.96. The molecule has 0 aliphatic heterocycles. The van der Waals surface area contributed by atoms with E-state index < -0.39 is 11.8 Å². The number of rotatable bonds is 11. The van der Waals surface area contributed by atoms with Crippen LogP contribution in [0.2, 0.25) is 5.02 Å². The summed E-state index contributed by atoms with van der Waals surface area (Å²) >= 11 is 6.19. The Hall–Kier alpha value is -3.03. The summed E-state index contributed by atoms with van der Waals surface area (Å²) in [6, 6.07) is 11.5. The molecule has 0 bridgehead atoms. The molecule has 5 nitrogen and oxygen atoms in total. The molecule has 0 radical (unpaired) electrons. The lowest BCUT2D eigenvalue weighted by atomic mass is 9.96. The minimum atomic E-state index is -2.93. The van der Waals surface area contributed by atoms with Crippen molar-refractivity contribution in [3.63, 3.8) is 0 Å². The molecule has 1 amide bonds. The second-order valence-corrected chi connectivity index (χ2v) is 8.75. The van der Waals surface area contributed by atoms with Crippen LogP contribution in [-0.2, 0) is 22.0 Å². The van der Waals surface area contributed by atoms with Gasteiger partial charge in [0, 0.05) is 24.1 Å². The maximum Gasteiger partial charge on any atom is 0.270 e. The number of alkyl halides is 2. The summed E-state index contributed by atoms with van der Waals surface area (Å²) in [4.78, 5) is 21.4. The van der Waals surface area contributed by atoms with Crippen molar-refractivity contribution in [3.05, 3.63) is 88.1 Å². The summed E-state index contributed by atoms with van der Waals surface area (Å²) in [7, 11) is 0. The summed E-state index contributed by atoms with van der Waals surface area (Å²) in [5.41, 5.74) is 3.75. The van der Waals surface area contributed by atoms with E-state index >= 15 is 0 Å². The highest BCUT2D eigenvalue weighted by Crippen LogP contribution is 2.27. The third kappa shape index (κ3) is 8.92. The second-order valence-electron chi connectivity index (χ2n) is 8.32. The Kier molecular flexibility index (Phi) is 10.6. The SMILES string of the molecule is C=C(N=C(Cc1ccc(C(C)(F)F)cc1)ON)C(=O)NCC/C(=C/CCC)c1cc(Cl)ccc1C. The quantitative estimate of drug-likeness (QED) is 0.159. The number of halogens is 3. The Morgan fingerprint density at radius 2 is 1.94 bits per heavy atom. The van der Waals surface area contributed by atoms with E-state index in [0.29, 0.717) is 23.6 Å². The Balaban J connectivity index is 2.00. The van der Waals surface area contributed by atoms with E-state index in [9.17, 15) is 13.6 Å². The molecule has 8 heteroatoms. The highest BCUT2D eigenvalue weighted by Gasteiger charge is 2.23. The molecular weight excluding hydrogens is 472 g/mol. The first-order valence-electron chi connectivity index (χ1n) is 11.4. The van der Waals surface area contributed by atoms with Crippen molar-refractivity contribution in [2.45, 2.75) is 52.4 Å². The van der Waals surface area contributed by atoms with Gasteiger partial charge in [0.05, 0.1) is 6.42 Å². The van der Waals surface area contributed by atoms with Crippen molar-refractivity contribution in [2.24, 2.45) is 10.9 Å². The minimum absolute atomic E-state index is 0.0410. The van der Waals surface area contributed by atoms with E-state index in [4.69, 9.17) is 22.3 Å². The second kappa shape index (κ2) is 13.2. The van der Waals surface area contributed by atoms with E-state index in [2.05, 4.69) is 29.9 Å². The fourth-order valence-corrected chi connectivity index (χ4v) is 3.59. The Labute approximate surface area is 210 Å². The number of carbonyl (C=O) groups is 1. The molecule has 0 spiro atoms. The average molecular weight is 504 g/mol. The van der Waals surface area contributed by atoms with Crippen LogP contribution in [0.3, 0.4) is 0 Å². The number of aryl methyl sites for hydroxylation is 1. The number of aliphatic imine (C=N–C) groups is 1. The third-order valence-corrected chi connectivity index (χ3v) is 5.61. The normalized spacial score (nSPS) is 12.4. The van der Waals surface area contributed by atoms with Gasteiger partial charge in [-0.15, -0.1) is 0 Å². The summed E-state index contributed by atoms with van der Waals surface area (Å²) < 4.78 is 26.8. The Morgan fingerprint density at radius 3 is 2.54 bits per heavy atom. The van der Waals surface area contributed by atoms with Crippen LogP contribution in [0.1, 0.15) is 55.4 Å². The van der Waals surface area contributed by atoms with Gasteiger partial charge in [-0.2, -0.15) is 5.90 Å². The van der Waals surface area contributed by atoms with Crippen LogP contribution in [0.15, 0.2) is 65.8 Å². The van der Waals surface area contributed by atoms with Crippen LogP contribution < -0.4 is 11.2 Å². The van der Waals surface area contributed by atoms with Crippen LogP contribution >= 0.6 is 11.6 Å². The zero-order chi connectivity index (χ0) is 26.0. The van der Waals surface area contributed by atoms with Crippen molar-refractivity contribution in [1.82, 2.24) is 5.32 Å². The Morgan fingerprint density at radius 1 is 1.26 bits per heavy atom. The van der Waals surface area contributed by atoms with Crippen molar-refractivity contribution >= 4 is 29.0 Å². The number of hydrogen-bond acceptors (Lipinski definition) is 4. The van der Waals surface area contributed by atoms with Crippen LogP contribution in [0, 0.1) is 6.92 Å². The van der Waals surface area contributed by atoms with Gasteiger partial charge in [0.25, 0.3) is 11.8 Å².